The molecule has 1 saturated heterocycles. The molecule has 2 aromatic carbocycles. The second kappa shape index (κ2) is 7.95. The number of hydrogen-bond acceptors (Lipinski definition) is 5. The topological polar surface area (TPSA) is 80.5 Å². The normalized spacial score (nSPS) is 16.1. The molecule has 150 valence electrons. The Hall–Kier alpha value is -3.35. The van der Waals surface area contributed by atoms with E-state index in [-0.39, 0.29) is 12.1 Å². The van der Waals surface area contributed by atoms with Crippen molar-refractivity contribution in [1.29, 1.82) is 0 Å². The maximum atomic E-state index is 12.9. The Labute approximate surface area is 169 Å². The van der Waals surface area contributed by atoms with Crippen LogP contribution in [0.25, 0.3) is 11.4 Å². The number of ether oxygens (including phenoxy) is 1. The highest BCUT2D eigenvalue weighted by molar-refractivity contribution is 5.90. The molecule has 0 unspecified atom stereocenters. The third kappa shape index (κ3) is 3.94. The highest BCUT2D eigenvalue weighted by Crippen LogP contribution is 2.33. The van der Waals surface area contributed by atoms with E-state index in [0.29, 0.717) is 18.3 Å². The van der Waals surface area contributed by atoms with E-state index in [1.165, 1.54) is 0 Å². The van der Waals surface area contributed by atoms with E-state index in [1.54, 1.807) is 12.0 Å². The van der Waals surface area contributed by atoms with E-state index in [1.807, 2.05) is 50.2 Å². The van der Waals surface area contributed by atoms with Crippen molar-refractivity contribution in [3.63, 3.8) is 0 Å². The van der Waals surface area contributed by atoms with Gasteiger partial charge in [-0.05, 0) is 50.5 Å². The van der Waals surface area contributed by atoms with Gasteiger partial charge in [-0.1, -0.05) is 35.0 Å². The second-order valence-corrected chi connectivity index (χ2v) is 7.29. The van der Waals surface area contributed by atoms with Crippen LogP contribution >= 0.6 is 0 Å². The number of carbonyl (C=O) groups excluding carboxylic acids is 1. The molecule has 0 saturated carbocycles. The summed E-state index contributed by atoms with van der Waals surface area (Å²) >= 11 is 0. The van der Waals surface area contributed by atoms with Crippen molar-refractivity contribution < 1.29 is 14.1 Å². The number of hydrogen-bond donors (Lipinski definition) is 1. The Morgan fingerprint density at radius 2 is 2.10 bits per heavy atom. The summed E-state index contributed by atoms with van der Waals surface area (Å²) in [4.78, 5) is 19.2. The second-order valence-electron chi connectivity index (χ2n) is 7.29. The zero-order valence-electron chi connectivity index (χ0n) is 16.8. The van der Waals surface area contributed by atoms with Crippen LogP contribution in [0.5, 0.6) is 5.75 Å². The van der Waals surface area contributed by atoms with Gasteiger partial charge in [-0.3, -0.25) is 0 Å². The summed E-state index contributed by atoms with van der Waals surface area (Å²) in [7, 11) is 1.62. The van der Waals surface area contributed by atoms with Crippen molar-refractivity contribution in [3.8, 4) is 17.1 Å². The number of amides is 2. The molecule has 1 aliphatic heterocycles. The fourth-order valence-electron chi connectivity index (χ4n) is 3.66. The smallest absolute Gasteiger partial charge is 0.322 e. The molecule has 1 aromatic heterocycles. The number of urea groups is 1. The lowest BCUT2D eigenvalue weighted by molar-refractivity contribution is 0.193. The Morgan fingerprint density at radius 3 is 2.90 bits per heavy atom. The van der Waals surface area contributed by atoms with E-state index in [2.05, 4.69) is 21.5 Å². The van der Waals surface area contributed by atoms with Crippen molar-refractivity contribution in [3.05, 3.63) is 59.5 Å². The minimum absolute atomic E-state index is 0.152. The summed E-state index contributed by atoms with van der Waals surface area (Å²) < 4.78 is 10.8. The van der Waals surface area contributed by atoms with Crippen LogP contribution in [-0.4, -0.2) is 34.7 Å². The maximum Gasteiger partial charge on any atom is 0.322 e. The fourth-order valence-corrected chi connectivity index (χ4v) is 3.66. The van der Waals surface area contributed by atoms with E-state index < -0.39 is 0 Å². The summed E-state index contributed by atoms with van der Waals surface area (Å²) in [6.45, 7) is 4.67. The minimum Gasteiger partial charge on any atom is -0.497 e. The van der Waals surface area contributed by atoms with Crippen LogP contribution in [-0.2, 0) is 0 Å². The first kappa shape index (κ1) is 19.0. The molecule has 0 radical (unpaired) electrons. The van der Waals surface area contributed by atoms with Crippen molar-refractivity contribution in [2.24, 2.45) is 0 Å². The summed E-state index contributed by atoms with van der Waals surface area (Å²) in [6.07, 6.45) is 1.68. The molecular weight excluding hydrogens is 368 g/mol. The molecular formula is C22H24N4O3. The van der Waals surface area contributed by atoms with Gasteiger partial charge in [0.15, 0.2) is 0 Å². The van der Waals surface area contributed by atoms with Gasteiger partial charge in [-0.25, -0.2) is 4.79 Å². The zero-order valence-corrected chi connectivity index (χ0v) is 16.8. The SMILES string of the molecule is COc1cccc(-c2noc([C@H]3CCCN3C(=O)Nc3ccc(C)cc3C)n2)c1. The Morgan fingerprint density at radius 1 is 1.24 bits per heavy atom. The summed E-state index contributed by atoms with van der Waals surface area (Å²) in [5.41, 5.74) is 3.82. The van der Waals surface area contributed by atoms with E-state index in [0.717, 1.165) is 41.0 Å². The van der Waals surface area contributed by atoms with Gasteiger partial charge in [-0.15, -0.1) is 0 Å². The Kier molecular flexibility index (Phi) is 5.20. The van der Waals surface area contributed by atoms with Crippen LogP contribution in [0.4, 0.5) is 10.5 Å². The number of anilines is 1. The van der Waals surface area contributed by atoms with Gasteiger partial charge in [0.2, 0.25) is 11.7 Å². The van der Waals surface area contributed by atoms with Crippen molar-refractivity contribution in [2.75, 3.05) is 19.0 Å². The number of nitrogens with zero attached hydrogens (tertiary/aromatic N) is 3. The number of methoxy groups -OCH3 is 1. The monoisotopic (exact) mass is 392 g/mol. The van der Waals surface area contributed by atoms with Gasteiger partial charge in [-0.2, -0.15) is 4.98 Å². The predicted molar refractivity (Wildman–Crippen MR) is 110 cm³/mol. The van der Waals surface area contributed by atoms with E-state index in [9.17, 15) is 4.79 Å². The first-order valence-corrected chi connectivity index (χ1v) is 9.68. The quantitative estimate of drug-likeness (QED) is 0.694. The van der Waals surface area contributed by atoms with E-state index in [4.69, 9.17) is 9.26 Å². The average Bonchev–Trinajstić information content (AvgIpc) is 3.39. The van der Waals surface area contributed by atoms with E-state index >= 15 is 0 Å². The fraction of sp³-hybridized carbons (Fsp3) is 0.318. The number of aromatic nitrogens is 2. The lowest BCUT2D eigenvalue weighted by Gasteiger charge is -2.22. The van der Waals surface area contributed by atoms with Gasteiger partial charge in [0.05, 0.1) is 7.11 Å². The first-order chi connectivity index (χ1) is 14.0. The molecule has 4 rings (SSSR count). The highest BCUT2D eigenvalue weighted by Gasteiger charge is 2.34. The van der Waals surface area contributed by atoms with Crippen LogP contribution in [0.2, 0.25) is 0 Å². The van der Waals surface area contributed by atoms with Gasteiger partial charge >= 0.3 is 6.03 Å². The maximum absolute atomic E-state index is 12.9. The standard InChI is InChI=1S/C22H24N4O3/c1-14-9-10-18(15(2)12-14)23-22(27)26-11-5-8-19(26)21-24-20(25-29-21)16-6-4-7-17(13-16)28-3/h4,6-7,9-10,12-13,19H,5,8,11H2,1-3H3,(H,23,27)/t19-/m1/s1. The molecule has 2 heterocycles. The number of rotatable bonds is 4. The van der Waals surface area contributed by atoms with Crippen LogP contribution in [0.1, 0.15) is 35.9 Å². The third-order valence-corrected chi connectivity index (χ3v) is 5.19. The van der Waals surface area contributed by atoms with Crippen LogP contribution in [0, 0.1) is 13.8 Å². The molecule has 1 aliphatic rings. The number of aryl methyl sites for hydroxylation is 2. The molecule has 7 heteroatoms. The number of nitrogens with one attached hydrogen (secondary N) is 1. The first-order valence-electron chi connectivity index (χ1n) is 9.68. The largest absolute Gasteiger partial charge is 0.497 e. The number of benzene rings is 2. The minimum atomic E-state index is -0.229. The summed E-state index contributed by atoms with van der Waals surface area (Å²) in [5.74, 6) is 1.67. The lowest BCUT2D eigenvalue weighted by Crippen LogP contribution is -2.34. The van der Waals surface area contributed by atoms with Crippen molar-refractivity contribution in [1.82, 2.24) is 15.0 Å². The van der Waals surface area contributed by atoms with Crippen molar-refractivity contribution in [2.45, 2.75) is 32.7 Å². The van der Waals surface area contributed by atoms with Gasteiger partial charge in [0.1, 0.15) is 11.8 Å². The number of likely N-dealkylation sites (tertiary alicyclic amines) is 1. The van der Waals surface area contributed by atoms with Gasteiger partial charge < -0.3 is 19.5 Å². The lowest BCUT2D eigenvalue weighted by atomic mass is 10.1. The predicted octanol–water partition coefficient (Wildman–Crippen LogP) is 4.73. The zero-order chi connectivity index (χ0) is 20.4. The molecule has 3 aromatic rings. The molecule has 29 heavy (non-hydrogen) atoms. The Balaban J connectivity index is 1.52. The summed E-state index contributed by atoms with van der Waals surface area (Å²) in [6, 6.07) is 13.1. The molecule has 0 bridgehead atoms. The third-order valence-electron chi connectivity index (χ3n) is 5.19. The van der Waals surface area contributed by atoms with Crippen LogP contribution in [0.3, 0.4) is 0 Å². The van der Waals surface area contributed by atoms with Gasteiger partial charge in [0, 0.05) is 17.8 Å². The van der Waals surface area contributed by atoms with Crippen molar-refractivity contribution >= 4 is 11.7 Å². The summed E-state index contributed by atoms with van der Waals surface area (Å²) in [5, 5.41) is 7.12. The molecule has 1 N–H and O–H groups in total. The average molecular weight is 392 g/mol. The molecule has 0 spiro atoms. The highest BCUT2D eigenvalue weighted by atomic mass is 16.5. The molecule has 7 nitrogen and oxygen atoms in total. The molecule has 0 aliphatic carbocycles. The van der Waals surface area contributed by atoms with Crippen LogP contribution < -0.4 is 10.1 Å². The molecule has 1 fully saturated rings. The molecule has 1 atom stereocenters. The number of carbonyl (C=O) groups is 1. The Bertz CT molecular complexity index is 1030. The van der Waals surface area contributed by atoms with Crippen LogP contribution in [0.15, 0.2) is 47.0 Å². The molecule has 2 amide bonds. The van der Waals surface area contributed by atoms with Gasteiger partial charge in [0.25, 0.3) is 0 Å².